The lowest BCUT2D eigenvalue weighted by atomic mass is 9.53. The van der Waals surface area contributed by atoms with Crippen LogP contribution in [-0.2, 0) is 11.2 Å². The van der Waals surface area contributed by atoms with Crippen LogP contribution in [0.25, 0.3) is 10.9 Å². The van der Waals surface area contributed by atoms with Crippen LogP contribution in [0.2, 0.25) is 0 Å². The molecule has 182 valence electrons. The number of carbonyl (C=O) groups excluding carboxylic acids is 1. The molecular formula is C30H34ClN3O. The van der Waals surface area contributed by atoms with Gasteiger partial charge < -0.3 is 15.2 Å². The monoisotopic (exact) mass is 487 g/mol. The third-order valence-corrected chi connectivity index (χ3v) is 9.68. The third kappa shape index (κ3) is 3.51. The van der Waals surface area contributed by atoms with E-state index in [-0.39, 0.29) is 23.9 Å². The van der Waals surface area contributed by atoms with Crippen LogP contribution in [0.15, 0.2) is 48.5 Å². The molecule has 4 bridgehead atoms. The number of H-pyrrole nitrogens is 1. The van der Waals surface area contributed by atoms with E-state index >= 15 is 0 Å². The van der Waals surface area contributed by atoms with Crippen molar-refractivity contribution in [3.05, 3.63) is 65.4 Å². The third-order valence-electron chi connectivity index (χ3n) is 9.45. The average molecular weight is 488 g/mol. The molecule has 5 aliphatic rings. The highest BCUT2D eigenvalue weighted by Gasteiger charge is 2.51. The van der Waals surface area contributed by atoms with Crippen LogP contribution in [0.1, 0.15) is 68.3 Å². The number of fused-ring (bicyclic) bond motifs is 3. The highest BCUT2D eigenvalue weighted by atomic mass is 35.5. The zero-order chi connectivity index (χ0) is 23.7. The minimum atomic E-state index is -0.152. The van der Waals surface area contributed by atoms with Crippen molar-refractivity contribution in [2.75, 3.05) is 11.2 Å². The molecule has 4 saturated carbocycles. The summed E-state index contributed by atoms with van der Waals surface area (Å²) < 4.78 is 0. The number of alkyl halides is 1. The molecule has 2 heterocycles. The number of hydrogen-bond donors (Lipinski definition) is 2. The van der Waals surface area contributed by atoms with E-state index in [1.165, 1.54) is 55.2 Å². The first-order chi connectivity index (χ1) is 17.0. The van der Waals surface area contributed by atoms with Gasteiger partial charge in [0.15, 0.2) is 0 Å². The fourth-order valence-corrected chi connectivity index (χ4v) is 8.70. The Morgan fingerprint density at radius 2 is 1.69 bits per heavy atom. The van der Waals surface area contributed by atoms with Crippen molar-refractivity contribution in [2.24, 2.45) is 17.8 Å². The summed E-state index contributed by atoms with van der Waals surface area (Å²) in [6.45, 7) is 2.14. The maximum atomic E-state index is 13.0. The highest BCUT2D eigenvalue weighted by Crippen LogP contribution is 2.56. The molecule has 5 heteroatoms. The first-order valence-corrected chi connectivity index (χ1v) is 13.9. The van der Waals surface area contributed by atoms with Crippen molar-refractivity contribution < 1.29 is 4.79 Å². The summed E-state index contributed by atoms with van der Waals surface area (Å²) in [5.74, 6) is 2.76. The predicted molar refractivity (Wildman–Crippen MR) is 142 cm³/mol. The minimum Gasteiger partial charge on any atom is -0.380 e. The molecule has 0 saturated heterocycles. The molecule has 0 unspecified atom stereocenters. The Morgan fingerprint density at radius 3 is 2.34 bits per heavy atom. The molecule has 1 aliphatic heterocycles. The number of para-hydroxylation sites is 1. The SMILES string of the molecule is C[C@H]1Cc2c([nH]c3ccccc23)[C@H](c2ccc(NC34CC5CC(CC(C5)C3)C4)cc2)N1C(=O)CCl. The van der Waals surface area contributed by atoms with E-state index in [4.69, 9.17) is 11.6 Å². The summed E-state index contributed by atoms with van der Waals surface area (Å²) in [6, 6.07) is 17.3. The molecule has 4 fully saturated rings. The van der Waals surface area contributed by atoms with E-state index in [1.54, 1.807) is 0 Å². The van der Waals surface area contributed by atoms with Gasteiger partial charge in [-0.1, -0.05) is 30.3 Å². The van der Waals surface area contributed by atoms with Gasteiger partial charge >= 0.3 is 0 Å². The lowest BCUT2D eigenvalue weighted by Crippen LogP contribution is -2.54. The van der Waals surface area contributed by atoms with Gasteiger partial charge in [-0.2, -0.15) is 0 Å². The van der Waals surface area contributed by atoms with E-state index in [0.29, 0.717) is 5.54 Å². The second-order valence-corrected chi connectivity index (χ2v) is 12.2. The Morgan fingerprint density at radius 1 is 1.03 bits per heavy atom. The molecule has 8 rings (SSSR count). The Hall–Kier alpha value is -2.46. The topological polar surface area (TPSA) is 48.1 Å². The number of carbonyl (C=O) groups is 1. The molecule has 1 aromatic heterocycles. The summed E-state index contributed by atoms with van der Waals surface area (Å²) in [5.41, 5.74) is 6.23. The standard InChI is InChI=1S/C30H34ClN3O/c1-18-10-25-24-4-2-3-5-26(24)32-28(25)29(34(18)27(35)17-31)22-6-8-23(9-7-22)33-30-14-19-11-20(15-30)13-21(12-19)16-30/h2-9,18-21,29,32-33H,10-17H2,1H3/t18-,19?,20?,21?,29-,30?/m0/s1. The van der Waals surface area contributed by atoms with Gasteiger partial charge in [0.25, 0.3) is 0 Å². The smallest absolute Gasteiger partial charge is 0.238 e. The van der Waals surface area contributed by atoms with Gasteiger partial charge in [0.1, 0.15) is 5.88 Å². The number of benzene rings is 2. The van der Waals surface area contributed by atoms with Crippen molar-refractivity contribution in [3.63, 3.8) is 0 Å². The second kappa shape index (κ2) is 8.03. The van der Waals surface area contributed by atoms with Gasteiger partial charge in [0.05, 0.1) is 6.04 Å². The maximum Gasteiger partial charge on any atom is 0.238 e. The van der Waals surface area contributed by atoms with Crippen molar-refractivity contribution in [1.82, 2.24) is 9.88 Å². The van der Waals surface area contributed by atoms with Crippen LogP contribution in [0.3, 0.4) is 0 Å². The zero-order valence-corrected chi connectivity index (χ0v) is 21.2. The van der Waals surface area contributed by atoms with E-state index < -0.39 is 0 Å². The number of amides is 1. The lowest BCUT2D eigenvalue weighted by Gasteiger charge is -2.57. The molecule has 1 amide bonds. The number of halogens is 1. The van der Waals surface area contributed by atoms with E-state index in [2.05, 4.69) is 65.8 Å². The molecule has 0 radical (unpaired) electrons. The predicted octanol–water partition coefficient (Wildman–Crippen LogP) is 6.65. The van der Waals surface area contributed by atoms with Crippen LogP contribution in [-0.4, -0.2) is 33.3 Å². The molecule has 3 aromatic rings. The number of nitrogens with one attached hydrogen (secondary N) is 2. The molecule has 0 spiro atoms. The summed E-state index contributed by atoms with van der Waals surface area (Å²) >= 11 is 6.10. The Kier molecular flexibility index (Phi) is 5.00. The van der Waals surface area contributed by atoms with Crippen molar-refractivity contribution in [3.8, 4) is 0 Å². The van der Waals surface area contributed by atoms with Crippen LogP contribution in [0.4, 0.5) is 5.69 Å². The Labute approximate surface area is 212 Å². The first-order valence-electron chi connectivity index (χ1n) is 13.4. The van der Waals surface area contributed by atoms with Crippen molar-refractivity contribution >= 4 is 34.1 Å². The lowest BCUT2D eigenvalue weighted by molar-refractivity contribution is -0.133. The average Bonchev–Trinajstić information content (AvgIpc) is 3.20. The Balaban J connectivity index is 1.23. The van der Waals surface area contributed by atoms with Gasteiger partial charge in [0.2, 0.25) is 5.91 Å². The van der Waals surface area contributed by atoms with E-state index in [1.807, 2.05) is 4.90 Å². The molecule has 35 heavy (non-hydrogen) atoms. The van der Waals surface area contributed by atoms with Crippen LogP contribution >= 0.6 is 11.6 Å². The van der Waals surface area contributed by atoms with E-state index in [9.17, 15) is 4.79 Å². The molecule has 2 aromatic carbocycles. The summed E-state index contributed by atoms with van der Waals surface area (Å²) in [5, 5.41) is 5.26. The van der Waals surface area contributed by atoms with Gasteiger partial charge in [-0.25, -0.2) is 0 Å². The number of rotatable bonds is 4. The van der Waals surface area contributed by atoms with E-state index in [0.717, 1.165) is 40.9 Å². The molecule has 2 atom stereocenters. The van der Waals surface area contributed by atoms with Crippen LogP contribution < -0.4 is 5.32 Å². The van der Waals surface area contributed by atoms with Crippen molar-refractivity contribution in [2.45, 2.75) is 69.5 Å². The number of hydrogen-bond acceptors (Lipinski definition) is 2. The van der Waals surface area contributed by atoms with Gasteiger partial charge in [-0.05, 0) is 98.9 Å². The molecule has 2 N–H and O–H groups in total. The highest BCUT2D eigenvalue weighted by molar-refractivity contribution is 6.27. The van der Waals surface area contributed by atoms with Crippen LogP contribution in [0, 0.1) is 17.8 Å². The largest absolute Gasteiger partial charge is 0.380 e. The normalized spacial score (nSPS) is 33.2. The van der Waals surface area contributed by atoms with Crippen molar-refractivity contribution in [1.29, 1.82) is 0 Å². The first kappa shape index (κ1) is 21.8. The molecule has 4 nitrogen and oxygen atoms in total. The number of aromatic nitrogens is 1. The Bertz CT molecular complexity index is 1240. The number of aromatic amines is 1. The quantitative estimate of drug-likeness (QED) is 0.405. The number of nitrogens with zero attached hydrogens (tertiary/aromatic N) is 1. The molecular weight excluding hydrogens is 454 g/mol. The second-order valence-electron chi connectivity index (χ2n) is 11.9. The van der Waals surface area contributed by atoms with Gasteiger partial charge in [-0.15, -0.1) is 11.6 Å². The summed E-state index contributed by atoms with van der Waals surface area (Å²) in [6.07, 6.45) is 9.20. The fraction of sp³-hybridized carbons (Fsp3) is 0.500. The summed E-state index contributed by atoms with van der Waals surface area (Å²) in [7, 11) is 0. The van der Waals surface area contributed by atoms with Gasteiger partial charge in [-0.3, -0.25) is 4.79 Å². The maximum absolute atomic E-state index is 13.0. The molecule has 4 aliphatic carbocycles. The van der Waals surface area contributed by atoms with Crippen LogP contribution in [0.5, 0.6) is 0 Å². The fourth-order valence-electron chi connectivity index (χ4n) is 8.57. The minimum absolute atomic E-state index is 0.00204. The number of anilines is 1. The van der Waals surface area contributed by atoms with Gasteiger partial charge in [0, 0.05) is 33.9 Å². The zero-order valence-electron chi connectivity index (χ0n) is 20.4. The summed E-state index contributed by atoms with van der Waals surface area (Å²) in [4.78, 5) is 18.7.